The zero-order valence-electron chi connectivity index (χ0n) is 18.0. The van der Waals surface area contributed by atoms with E-state index >= 15 is 0 Å². The monoisotopic (exact) mass is 470 g/mol. The molecule has 0 spiro atoms. The summed E-state index contributed by atoms with van der Waals surface area (Å²) in [4.78, 5) is 12.2. The number of nitrogens with one attached hydrogen (secondary N) is 2. The van der Waals surface area contributed by atoms with E-state index in [2.05, 4.69) is 10.0 Å². The Hall–Kier alpha value is -3.85. The van der Waals surface area contributed by atoms with Crippen LogP contribution in [0.15, 0.2) is 77.7 Å². The highest BCUT2D eigenvalue weighted by Gasteiger charge is 2.15. The molecule has 9 heteroatoms. The van der Waals surface area contributed by atoms with Crippen LogP contribution in [-0.2, 0) is 14.8 Å². The van der Waals surface area contributed by atoms with Crippen LogP contribution in [0.4, 0.5) is 15.8 Å². The SMILES string of the molecule is CC=Cc1ccc(OCC(=O)Nc2ccc(S(=O)(=O)Nc3cccc(F)c3)cc2)c(OC)c1. The number of amides is 1. The summed E-state index contributed by atoms with van der Waals surface area (Å²) in [7, 11) is -2.40. The van der Waals surface area contributed by atoms with Gasteiger partial charge in [0.2, 0.25) is 0 Å². The van der Waals surface area contributed by atoms with Crippen molar-refractivity contribution in [2.75, 3.05) is 23.8 Å². The molecule has 0 saturated carbocycles. The van der Waals surface area contributed by atoms with E-state index in [0.29, 0.717) is 17.2 Å². The maximum atomic E-state index is 13.3. The maximum Gasteiger partial charge on any atom is 0.262 e. The van der Waals surface area contributed by atoms with E-state index in [4.69, 9.17) is 9.47 Å². The molecular weight excluding hydrogens is 447 g/mol. The highest BCUT2D eigenvalue weighted by atomic mass is 32.2. The molecule has 0 saturated heterocycles. The molecule has 172 valence electrons. The highest BCUT2D eigenvalue weighted by Crippen LogP contribution is 2.28. The second kappa shape index (κ2) is 10.6. The number of hydrogen-bond acceptors (Lipinski definition) is 5. The van der Waals surface area contributed by atoms with Gasteiger partial charge < -0.3 is 14.8 Å². The number of ether oxygens (including phenoxy) is 2. The summed E-state index contributed by atoms with van der Waals surface area (Å²) in [5.74, 6) is -0.0607. The van der Waals surface area contributed by atoms with Gasteiger partial charge in [-0.25, -0.2) is 12.8 Å². The predicted molar refractivity (Wildman–Crippen MR) is 125 cm³/mol. The van der Waals surface area contributed by atoms with E-state index in [0.717, 1.165) is 11.6 Å². The van der Waals surface area contributed by atoms with Crippen molar-refractivity contribution in [1.29, 1.82) is 0 Å². The molecule has 0 unspecified atom stereocenters. The van der Waals surface area contributed by atoms with E-state index in [-0.39, 0.29) is 17.2 Å². The molecule has 33 heavy (non-hydrogen) atoms. The van der Waals surface area contributed by atoms with E-state index in [1.807, 2.05) is 25.1 Å². The van der Waals surface area contributed by atoms with Gasteiger partial charge in [-0.3, -0.25) is 9.52 Å². The van der Waals surface area contributed by atoms with Crippen LogP contribution in [0.3, 0.4) is 0 Å². The van der Waals surface area contributed by atoms with Crippen molar-refractivity contribution >= 4 is 33.4 Å². The molecule has 2 N–H and O–H groups in total. The lowest BCUT2D eigenvalue weighted by Crippen LogP contribution is -2.20. The number of anilines is 2. The molecule has 3 aromatic rings. The van der Waals surface area contributed by atoms with E-state index in [1.54, 1.807) is 12.1 Å². The lowest BCUT2D eigenvalue weighted by molar-refractivity contribution is -0.118. The number of rotatable bonds is 9. The van der Waals surface area contributed by atoms with Gasteiger partial charge in [0.05, 0.1) is 17.7 Å². The van der Waals surface area contributed by atoms with Crippen molar-refractivity contribution < 1.29 is 27.1 Å². The minimum atomic E-state index is -3.91. The first-order valence-corrected chi connectivity index (χ1v) is 11.4. The number of sulfonamides is 1. The van der Waals surface area contributed by atoms with E-state index in [9.17, 15) is 17.6 Å². The summed E-state index contributed by atoms with van der Waals surface area (Å²) in [5.41, 5.74) is 1.44. The van der Waals surface area contributed by atoms with Gasteiger partial charge in [0.1, 0.15) is 5.82 Å². The molecule has 0 fully saturated rings. The van der Waals surface area contributed by atoms with E-state index < -0.39 is 21.7 Å². The Labute approximate surface area is 191 Å². The van der Waals surface area contributed by atoms with Gasteiger partial charge in [-0.1, -0.05) is 24.3 Å². The van der Waals surface area contributed by atoms with Crippen LogP contribution in [0, 0.1) is 5.82 Å². The van der Waals surface area contributed by atoms with Crippen LogP contribution in [0.25, 0.3) is 6.08 Å². The summed E-state index contributed by atoms with van der Waals surface area (Å²) in [6, 6.07) is 16.1. The molecule has 0 aliphatic heterocycles. The molecule has 0 aliphatic rings. The largest absolute Gasteiger partial charge is 0.493 e. The fourth-order valence-corrected chi connectivity index (χ4v) is 3.97. The Balaban J connectivity index is 1.60. The Bertz CT molecular complexity index is 1260. The van der Waals surface area contributed by atoms with Crippen molar-refractivity contribution in [1.82, 2.24) is 0 Å². The molecule has 0 aromatic heterocycles. The minimum Gasteiger partial charge on any atom is -0.493 e. The average Bonchev–Trinajstić information content (AvgIpc) is 2.78. The van der Waals surface area contributed by atoms with Crippen molar-refractivity contribution in [3.8, 4) is 11.5 Å². The lowest BCUT2D eigenvalue weighted by Gasteiger charge is -2.12. The Morgan fingerprint density at radius 2 is 1.76 bits per heavy atom. The molecule has 0 heterocycles. The number of hydrogen-bond donors (Lipinski definition) is 2. The number of halogens is 1. The summed E-state index contributed by atoms with van der Waals surface area (Å²) >= 11 is 0. The predicted octanol–water partition coefficient (Wildman–Crippen LogP) is 4.69. The maximum absolute atomic E-state index is 13.3. The quantitative estimate of drug-likeness (QED) is 0.473. The normalized spacial score (nSPS) is 11.2. The minimum absolute atomic E-state index is 0.0352. The number of allylic oxidation sites excluding steroid dienone is 1. The first-order chi connectivity index (χ1) is 15.8. The van der Waals surface area contributed by atoms with Gasteiger partial charge in [0.25, 0.3) is 15.9 Å². The molecule has 3 aromatic carbocycles. The fraction of sp³-hybridized carbons (Fsp3) is 0.125. The highest BCUT2D eigenvalue weighted by molar-refractivity contribution is 7.92. The molecule has 0 aliphatic carbocycles. The third-order valence-corrected chi connectivity index (χ3v) is 5.83. The van der Waals surface area contributed by atoms with Gasteiger partial charge in [-0.15, -0.1) is 0 Å². The summed E-state index contributed by atoms with van der Waals surface area (Å²) < 4.78 is 51.4. The Kier molecular flexibility index (Phi) is 7.68. The fourth-order valence-electron chi connectivity index (χ4n) is 2.92. The van der Waals surface area contributed by atoms with Gasteiger partial charge in [0.15, 0.2) is 18.1 Å². The van der Waals surface area contributed by atoms with Crippen LogP contribution in [0.1, 0.15) is 12.5 Å². The standard InChI is InChI=1S/C24H23FN2O5S/c1-3-5-17-8-13-22(23(14-17)31-2)32-16-24(28)26-19-9-11-21(12-10-19)33(29,30)27-20-7-4-6-18(25)15-20/h3-15,27H,16H2,1-2H3,(H,26,28). The molecular formula is C24H23FN2O5S. The van der Waals surface area contributed by atoms with Crippen LogP contribution in [0.2, 0.25) is 0 Å². The van der Waals surface area contributed by atoms with Gasteiger partial charge in [0, 0.05) is 5.69 Å². The summed E-state index contributed by atoms with van der Waals surface area (Å²) in [6.07, 6.45) is 3.81. The van der Waals surface area contributed by atoms with Crippen molar-refractivity contribution in [3.63, 3.8) is 0 Å². The molecule has 7 nitrogen and oxygen atoms in total. The Morgan fingerprint density at radius 3 is 2.42 bits per heavy atom. The number of carbonyl (C=O) groups is 1. The van der Waals surface area contributed by atoms with Gasteiger partial charge >= 0.3 is 0 Å². The topological polar surface area (TPSA) is 93.7 Å². The molecule has 0 bridgehead atoms. The smallest absolute Gasteiger partial charge is 0.262 e. The van der Waals surface area contributed by atoms with Crippen molar-refractivity contribution in [2.24, 2.45) is 0 Å². The second-order valence-electron chi connectivity index (χ2n) is 6.89. The second-order valence-corrected chi connectivity index (χ2v) is 8.57. The van der Waals surface area contributed by atoms with Crippen molar-refractivity contribution in [3.05, 3.63) is 84.2 Å². The third kappa shape index (κ3) is 6.56. The third-order valence-electron chi connectivity index (χ3n) is 4.43. The van der Waals surface area contributed by atoms with Crippen LogP contribution >= 0.6 is 0 Å². The summed E-state index contributed by atoms with van der Waals surface area (Å²) in [6.45, 7) is 1.64. The van der Waals surface area contributed by atoms with Gasteiger partial charge in [-0.2, -0.15) is 0 Å². The first-order valence-electron chi connectivity index (χ1n) is 9.92. The molecule has 0 radical (unpaired) electrons. The Morgan fingerprint density at radius 1 is 1.00 bits per heavy atom. The van der Waals surface area contributed by atoms with E-state index in [1.165, 1.54) is 49.6 Å². The number of benzene rings is 3. The summed E-state index contributed by atoms with van der Waals surface area (Å²) in [5, 5.41) is 2.64. The number of methoxy groups -OCH3 is 1. The zero-order valence-corrected chi connectivity index (χ0v) is 18.9. The molecule has 0 atom stereocenters. The first kappa shape index (κ1) is 23.8. The van der Waals surface area contributed by atoms with Crippen LogP contribution in [-0.4, -0.2) is 28.0 Å². The van der Waals surface area contributed by atoms with Crippen LogP contribution < -0.4 is 19.5 Å². The zero-order chi connectivity index (χ0) is 23.8. The van der Waals surface area contributed by atoms with Gasteiger partial charge in [-0.05, 0) is 67.1 Å². The molecule has 1 amide bonds. The lowest BCUT2D eigenvalue weighted by atomic mass is 10.2. The molecule has 3 rings (SSSR count). The average molecular weight is 471 g/mol. The van der Waals surface area contributed by atoms with Crippen molar-refractivity contribution in [2.45, 2.75) is 11.8 Å². The number of carbonyl (C=O) groups excluding carboxylic acids is 1. The van der Waals surface area contributed by atoms with Crippen LogP contribution in [0.5, 0.6) is 11.5 Å².